The summed E-state index contributed by atoms with van der Waals surface area (Å²) in [6.07, 6.45) is 99.9. The molecule has 102 heavy (non-hydrogen) atoms. The number of carbonyl (C=O) groups excluding carboxylic acids is 2. The van der Waals surface area contributed by atoms with Crippen molar-refractivity contribution in [3.63, 3.8) is 0 Å². The van der Waals surface area contributed by atoms with Gasteiger partial charge in [0, 0.05) is 33.2 Å². The van der Waals surface area contributed by atoms with Gasteiger partial charge in [0.1, 0.15) is 0 Å². The Labute approximate surface area is 652 Å². The van der Waals surface area contributed by atoms with Crippen molar-refractivity contribution in [2.24, 2.45) is 11.8 Å². The largest absolute Gasteiger partial charge is 0.308 e. The fourth-order valence-corrected chi connectivity index (χ4v) is 18.1. The zero-order valence-corrected chi connectivity index (χ0v) is 71.6. The predicted octanol–water partition coefficient (Wildman–Crippen LogP) is 34.2. The van der Waals surface area contributed by atoms with E-state index in [1.54, 1.807) is 0 Å². The highest BCUT2D eigenvalue weighted by atomic mass is 79.9. The highest BCUT2D eigenvalue weighted by Crippen LogP contribution is 2.48. The van der Waals surface area contributed by atoms with Crippen LogP contribution < -0.4 is 9.80 Å². The maximum Gasteiger partial charge on any atom is 0.259 e. The molecule has 2 heterocycles. The third-order valence-corrected chi connectivity index (χ3v) is 25.0. The second kappa shape index (κ2) is 66.1. The van der Waals surface area contributed by atoms with Crippen LogP contribution in [0.1, 0.15) is 501 Å². The maximum absolute atomic E-state index is 15.3. The molecule has 0 bridgehead atoms. The average Bonchev–Trinajstić information content (AvgIpc) is 1.58. The number of halogens is 2. The molecule has 2 aliphatic rings. The summed E-state index contributed by atoms with van der Waals surface area (Å²) >= 11 is 7.64. The number of fused-ring (bicyclic) bond motifs is 2. The lowest BCUT2D eigenvalue weighted by Crippen LogP contribution is -2.30. The number of benzene rings is 2. The van der Waals surface area contributed by atoms with E-state index in [1.165, 1.54) is 449 Å². The third kappa shape index (κ3) is 44.5. The van der Waals surface area contributed by atoms with Gasteiger partial charge in [0.25, 0.3) is 11.8 Å². The number of hydrogen-bond donors (Lipinski definition) is 0. The van der Waals surface area contributed by atoms with Crippen LogP contribution in [0.15, 0.2) is 45.3 Å². The van der Waals surface area contributed by atoms with Crippen LogP contribution in [0.5, 0.6) is 0 Å². The Morgan fingerprint density at radius 3 is 0.588 bits per heavy atom. The van der Waals surface area contributed by atoms with Crippen LogP contribution in [0.2, 0.25) is 0 Å². The van der Waals surface area contributed by atoms with Gasteiger partial charge in [-0.25, -0.2) is 0 Å². The van der Waals surface area contributed by atoms with Gasteiger partial charge in [0.2, 0.25) is 0 Å². The first-order valence-corrected chi connectivity index (χ1v) is 47.9. The van der Waals surface area contributed by atoms with E-state index in [4.69, 9.17) is 0 Å². The van der Waals surface area contributed by atoms with Gasteiger partial charge in [-0.15, -0.1) is 0 Å². The third-order valence-electron chi connectivity index (χ3n) is 24.1. The number of amides is 2. The molecule has 4 rings (SSSR count). The minimum absolute atomic E-state index is 0.00648. The lowest BCUT2D eigenvalue weighted by Gasteiger charge is -2.21. The van der Waals surface area contributed by atoms with Crippen LogP contribution in [-0.2, 0) is 9.59 Å². The zero-order chi connectivity index (χ0) is 72.7. The summed E-state index contributed by atoms with van der Waals surface area (Å²) in [5.41, 5.74) is 4.96. The number of nitrogens with zero attached hydrogens (tertiary/aromatic N) is 2. The molecule has 0 fully saturated rings. The van der Waals surface area contributed by atoms with Crippen molar-refractivity contribution >= 4 is 66.2 Å². The monoisotopic (exact) mass is 1540 g/mol. The molecule has 2 amide bonds. The fraction of sp³-hybridized carbons (Fsp3) is 0.833. The number of carbonyl (C=O) groups is 2. The van der Waals surface area contributed by atoms with E-state index >= 15 is 9.59 Å². The molecule has 6 heteroatoms. The topological polar surface area (TPSA) is 40.6 Å². The lowest BCUT2D eigenvalue weighted by molar-refractivity contribution is -0.114. The van der Waals surface area contributed by atoms with E-state index in [9.17, 15) is 0 Å². The standard InChI is InChI=1S/C96H168Br2N2O2/c1-5-9-13-17-21-25-29-33-37-41-45-49-53-57-61-65-71-85(72-66-62-58-54-50-46-42-38-34-30-26-22-18-14-10-6-2)75-69-81-99-91-83-87(97)77-79-89(91)93(95(99)101)94-90-80-78-88(98)84-92(90)100(96(94)102)82-70-76-86(73-67-63-59-55-51-47-43-39-35-31-27-23-19-15-11-7-3)74-68-64-60-56-52-48-44-40-36-32-28-24-20-16-12-8-4/h77-80,83-86H,5-76,81-82H2,1-4H3/b94-93+. The molecule has 0 unspecified atom stereocenters. The van der Waals surface area contributed by atoms with Gasteiger partial charge < -0.3 is 9.80 Å². The molecule has 2 aromatic rings. The van der Waals surface area contributed by atoms with Gasteiger partial charge >= 0.3 is 0 Å². The normalized spacial score (nSPS) is 13.8. The summed E-state index contributed by atoms with van der Waals surface area (Å²) in [6, 6.07) is 12.6. The molecular weight excluding hydrogens is 1370 g/mol. The quantitative estimate of drug-likeness (QED) is 0.0489. The average molecular weight is 1540 g/mol. The van der Waals surface area contributed by atoms with Crippen LogP contribution in [-0.4, -0.2) is 24.9 Å². The second-order valence-electron chi connectivity index (χ2n) is 33.4. The zero-order valence-electron chi connectivity index (χ0n) is 68.4. The highest BCUT2D eigenvalue weighted by Gasteiger charge is 2.42. The van der Waals surface area contributed by atoms with Crippen LogP contribution in [0.4, 0.5) is 11.4 Å². The Morgan fingerprint density at radius 2 is 0.402 bits per heavy atom. The van der Waals surface area contributed by atoms with Gasteiger partial charge in [-0.05, 0) is 61.8 Å². The highest BCUT2D eigenvalue weighted by molar-refractivity contribution is 9.10. The molecule has 0 radical (unpaired) electrons. The summed E-state index contributed by atoms with van der Waals surface area (Å²) in [7, 11) is 0. The first-order chi connectivity index (χ1) is 50.3. The van der Waals surface area contributed by atoms with Crippen LogP contribution in [0.25, 0.3) is 11.1 Å². The first-order valence-electron chi connectivity index (χ1n) is 46.3. The molecule has 0 aliphatic carbocycles. The molecule has 0 atom stereocenters. The SMILES string of the molecule is CCCCCCCCCCCCCCCCCCC(CCCCCCCCCCCCCCCCCC)CCCN1C(=O)/C(=C2/C(=O)N(CCCC(CCCCCCCCCCCCCCCCCC)CCCCCCCCCCCCCCCCCC)c3cc(Br)ccc32)c2ccc(Br)cc21. The Bertz CT molecular complexity index is 2080. The van der Waals surface area contributed by atoms with E-state index in [0.29, 0.717) is 36.1 Å². The number of anilines is 2. The Morgan fingerprint density at radius 1 is 0.235 bits per heavy atom. The minimum atomic E-state index is 0.00648. The number of rotatable bonds is 76. The molecule has 588 valence electrons. The van der Waals surface area contributed by atoms with Gasteiger partial charge in [-0.3, -0.25) is 9.59 Å². The Balaban J connectivity index is 1.32. The van der Waals surface area contributed by atoms with Crippen LogP contribution in [0, 0.1) is 11.8 Å². The molecule has 0 saturated heterocycles. The molecule has 2 aliphatic heterocycles. The van der Waals surface area contributed by atoms with Crippen LogP contribution in [0.3, 0.4) is 0 Å². The van der Waals surface area contributed by atoms with E-state index < -0.39 is 0 Å². The van der Waals surface area contributed by atoms with E-state index in [0.717, 1.165) is 44.3 Å². The van der Waals surface area contributed by atoms with Crippen molar-refractivity contribution in [1.29, 1.82) is 0 Å². The first kappa shape index (κ1) is 92.5. The summed E-state index contributed by atoms with van der Waals surface area (Å²) < 4.78 is 1.96. The molecular formula is C96H168Br2N2O2. The second-order valence-corrected chi connectivity index (χ2v) is 35.2. The smallest absolute Gasteiger partial charge is 0.259 e. The molecule has 4 nitrogen and oxygen atoms in total. The Kier molecular flexibility index (Phi) is 59.9. The summed E-state index contributed by atoms with van der Waals surface area (Å²) in [6.45, 7) is 10.6. The molecule has 0 spiro atoms. The molecule has 0 saturated carbocycles. The molecule has 0 aromatic heterocycles. The lowest BCUT2D eigenvalue weighted by atomic mass is 9.90. The van der Waals surface area contributed by atoms with Crippen molar-refractivity contribution in [2.45, 2.75) is 490 Å². The maximum atomic E-state index is 15.3. The van der Waals surface area contributed by atoms with E-state index in [-0.39, 0.29) is 11.8 Å². The molecule has 2 aromatic carbocycles. The summed E-state index contributed by atoms with van der Waals surface area (Å²) in [5, 5.41) is 0. The minimum Gasteiger partial charge on any atom is -0.308 e. The molecule has 0 N–H and O–H groups in total. The van der Waals surface area contributed by atoms with E-state index in [1.807, 2.05) is 0 Å². The van der Waals surface area contributed by atoms with Gasteiger partial charge in [0.15, 0.2) is 0 Å². The van der Waals surface area contributed by atoms with Crippen molar-refractivity contribution in [1.82, 2.24) is 0 Å². The van der Waals surface area contributed by atoms with Gasteiger partial charge in [-0.2, -0.15) is 0 Å². The predicted molar refractivity (Wildman–Crippen MR) is 462 cm³/mol. The summed E-state index contributed by atoms with van der Waals surface area (Å²) in [4.78, 5) is 34.7. The van der Waals surface area contributed by atoms with Crippen molar-refractivity contribution in [2.75, 3.05) is 22.9 Å². The summed E-state index contributed by atoms with van der Waals surface area (Å²) in [5.74, 6) is 1.43. The number of hydrogen-bond acceptors (Lipinski definition) is 2. The van der Waals surface area contributed by atoms with Crippen LogP contribution >= 0.6 is 31.9 Å². The Hall–Kier alpha value is -1.92. The fourth-order valence-electron chi connectivity index (χ4n) is 17.4. The van der Waals surface area contributed by atoms with Gasteiger partial charge in [-0.1, -0.05) is 508 Å². The number of unbranched alkanes of at least 4 members (excludes halogenated alkanes) is 60. The van der Waals surface area contributed by atoms with Gasteiger partial charge in [0.05, 0.1) is 22.5 Å². The van der Waals surface area contributed by atoms with Crippen molar-refractivity contribution in [3.05, 3.63) is 56.5 Å². The van der Waals surface area contributed by atoms with E-state index in [2.05, 4.69) is 106 Å². The van der Waals surface area contributed by atoms with Crippen molar-refractivity contribution < 1.29 is 9.59 Å². The van der Waals surface area contributed by atoms with Crippen molar-refractivity contribution in [3.8, 4) is 0 Å².